The minimum Gasteiger partial charge on any atom is -0.493 e. The van der Waals surface area contributed by atoms with E-state index < -0.39 is 17.9 Å². The summed E-state index contributed by atoms with van der Waals surface area (Å²) in [5, 5.41) is 23.7. The number of aliphatic carboxylic acids is 2. The molecule has 1 aliphatic rings. The first-order valence-electron chi connectivity index (χ1n) is 12.8. The summed E-state index contributed by atoms with van der Waals surface area (Å²) in [6.07, 6.45) is 4.16. The molecule has 202 valence electrons. The van der Waals surface area contributed by atoms with Crippen LogP contribution in [0.1, 0.15) is 56.1 Å². The molecule has 0 aliphatic carbocycles. The lowest BCUT2D eigenvalue weighted by molar-refractivity contribution is -0.139. The van der Waals surface area contributed by atoms with E-state index in [1.165, 1.54) is 11.8 Å². The molecule has 1 fully saturated rings. The lowest BCUT2D eigenvalue weighted by atomic mass is 9.93. The number of carboxylic acids is 2. The van der Waals surface area contributed by atoms with Crippen molar-refractivity contribution in [1.29, 1.82) is 0 Å². The summed E-state index contributed by atoms with van der Waals surface area (Å²) < 4.78 is 5.83. The van der Waals surface area contributed by atoms with Gasteiger partial charge in [0.2, 0.25) is 0 Å². The Morgan fingerprint density at radius 1 is 1.03 bits per heavy atom. The number of hydrogen-bond acceptors (Lipinski definition) is 6. The van der Waals surface area contributed by atoms with Crippen molar-refractivity contribution in [2.24, 2.45) is 4.99 Å². The van der Waals surface area contributed by atoms with Crippen LogP contribution in [0.3, 0.4) is 0 Å². The van der Waals surface area contributed by atoms with E-state index in [2.05, 4.69) is 10.3 Å². The minimum absolute atomic E-state index is 0.0914. The summed E-state index contributed by atoms with van der Waals surface area (Å²) in [6, 6.07) is 18.9. The van der Waals surface area contributed by atoms with Gasteiger partial charge in [-0.25, -0.2) is 4.99 Å². The SMILES string of the molecule is CCOc1cc2ccccc2cc1C=C1SC(=Nc2ccc(C(CCCCCC(=O)O)C(=O)O)cc2)NC1=O. The van der Waals surface area contributed by atoms with E-state index in [0.29, 0.717) is 59.4 Å². The number of nitrogens with zero attached hydrogens (tertiary/aromatic N) is 1. The number of hydrogen-bond donors (Lipinski definition) is 3. The summed E-state index contributed by atoms with van der Waals surface area (Å²) >= 11 is 1.23. The number of amides is 1. The molecule has 1 aliphatic heterocycles. The van der Waals surface area contributed by atoms with Gasteiger partial charge in [-0.3, -0.25) is 14.4 Å². The summed E-state index contributed by atoms with van der Waals surface area (Å²) in [4.78, 5) is 40.2. The minimum atomic E-state index is -0.916. The van der Waals surface area contributed by atoms with Crippen molar-refractivity contribution in [2.45, 2.75) is 44.9 Å². The molecule has 1 unspecified atom stereocenters. The molecule has 4 rings (SSSR count). The summed E-state index contributed by atoms with van der Waals surface area (Å²) in [5.74, 6) is -1.98. The third kappa shape index (κ3) is 7.48. The second-order valence-electron chi connectivity index (χ2n) is 9.13. The van der Waals surface area contributed by atoms with Gasteiger partial charge in [-0.1, -0.05) is 49.2 Å². The standard InChI is InChI=1S/C30H30N2O6S/c1-2-38-25-17-21-9-7-6-8-20(21)16-22(25)18-26-28(35)32-30(39-26)31-23-14-12-19(13-15-23)24(29(36)37)10-4-3-5-11-27(33)34/h6-9,12-18,24H,2-5,10-11H2,1H3,(H,33,34)(H,36,37)(H,31,32,35). The lowest BCUT2D eigenvalue weighted by Gasteiger charge is -2.12. The first-order chi connectivity index (χ1) is 18.8. The van der Waals surface area contributed by atoms with E-state index in [1.54, 1.807) is 30.3 Å². The number of aliphatic imine (C=N–C) groups is 1. The van der Waals surface area contributed by atoms with Crippen LogP contribution in [0.2, 0.25) is 0 Å². The number of thioether (sulfide) groups is 1. The second-order valence-corrected chi connectivity index (χ2v) is 10.2. The highest BCUT2D eigenvalue weighted by Gasteiger charge is 2.25. The van der Waals surface area contributed by atoms with Gasteiger partial charge in [0.05, 0.1) is 23.1 Å². The van der Waals surface area contributed by atoms with E-state index in [4.69, 9.17) is 9.84 Å². The number of benzene rings is 3. The fourth-order valence-corrected chi connectivity index (χ4v) is 5.22. The Kier molecular flexibility index (Phi) is 9.38. The largest absolute Gasteiger partial charge is 0.493 e. The zero-order chi connectivity index (χ0) is 27.8. The van der Waals surface area contributed by atoms with Crippen LogP contribution in [0.15, 0.2) is 70.6 Å². The molecule has 8 nitrogen and oxygen atoms in total. The maximum Gasteiger partial charge on any atom is 0.310 e. The zero-order valence-corrected chi connectivity index (χ0v) is 22.4. The van der Waals surface area contributed by atoms with Crippen molar-refractivity contribution in [1.82, 2.24) is 5.32 Å². The molecule has 0 spiro atoms. The molecular formula is C30H30N2O6S. The summed E-state index contributed by atoms with van der Waals surface area (Å²) in [6.45, 7) is 2.42. The summed E-state index contributed by atoms with van der Waals surface area (Å²) in [5.41, 5.74) is 2.06. The van der Waals surface area contributed by atoms with Gasteiger partial charge in [-0.15, -0.1) is 0 Å². The second kappa shape index (κ2) is 13.1. The number of carbonyl (C=O) groups is 3. The number of carboxylic acid groups (broad SMARTS) is 2. The average Bonchev–Trinajstić information content (AvgIpc) is 3.25. The third-order valence-corrected chi connectivity index (χ3v) is 7.23. The van der Waals surface area contributed by atoms with E-state index in [9.17, 15) is 19.5 Å². The van der Waals surface area contributed by atoms with Gasteiger partial charge in [-0.2, -0.15) is 0 Å². The van der Waals surface area contributed by atoms with Gasteiger partial charge >= 0.3 is 11.9 Å². The van der Waals surface area contributed by atoms with E-state index >= 15 is 0 Å². The van der Waals surface area contributed by atoms with Gasteiger partial charge in [0, 0.05) is 12.0 Å². The molecule has 3 aromatic rings. The van der Waals surface area contributed by atoms with Crippen molar-refractivity contribution in [2.75, 3.05) is 6.61 Å². The maximum absolute atomic E-state index is 12.7. The van der Waals surface area contributed by atoms with Crippen LogP contribution in [0.5, 0.6) is 5.75 Å². The number of fused-ring (bicyclic) bond motifs is 1. The van der Waals surface area contributed by atoms with Crippen LogP contribution in [-0.4, -0.2) is 39.8 Å². The molecule has 1 saturated heterocycles. The first-order valence-corrected chi connectivity index (χ1v) is 13.7. The van der Waals surface area contributed by atoms with Crippen molar-refractivity contribution in [3.05, 3.63) is 76.7 Å². The molecule has 9 heteroatoms. The van der Waals surface area contributed by atoms with Crippen molar-refractivity contribution < 1.29 is 29.3 Å². The number of amidine groups is 1. The molecule has 1 atom stereocenters. The molecule has 0 bridgehead atoms. The fourth-order valence-electron chi connectivity index (χ4n) is 4.38. The Hall–Kier alpha value is -4.11. The molecular weight excluding hydrogens is 516 g/mol. The van der Waals surface area contributed by atoms with Gasteiger partial charge in [0.15, 0.2) is 5.17 Å². The number of unbranched alkanes of at least 4 members (excludes halogenated alkanes) is 2. The molecule has 0 saturated carbocycles. The number of ether oxygens (including phenoxy) is 1. The lowest BCUT2D eigenvalue weighted by Crippen LogP contribution is -2.19. The van der Waals surface area contributed by atoms with Crippen molar-refractivity contribution in [3.8, 4) is 5.75 Å². The highest BCUT2D eigenvalue weighted by atomic mass is 32.2. The number of nitrogens with one attached hydrogen (secondary N) is 1. The number of rotatable bonds is 12. The Morgan fingerprint density at radius 3 is 2.41 bits per heavy atom. The van der Waals surface area contributed by atoms with Crippen LogP contribution < -0.4 is 10.1 Å². The molecule has 0 aromatic heterocycles. The Morgan fingerprint density at radius 2 is 1.74 bits per heavy atom. The molecule has 39 heavy (non-hydrogen) atoms. The van der Waals surface area contributed by atoms with E-state index in [-0.39, 0.29) is 12.3 Å². The predicted octanol–water partition coefficient (Wildman–Crippen LogP) is 6.33. The normalized spacial score (nSPS) is 16.0. The smallest absolute Gasteiger partial charge is 0.310 e. The molecule has 1 heterocycles. The molecule has 1 amide bonds. The Labute approximate surface area is 230 Å². The van der Waals surface area contributed by atoms with Crippen LogP contribution in [0.25, 0.3) is 16.8 Å². The fraction of sp³-hybridized carbons (Fsp3) is 0.267. The maximum atomic E-state index is 12.7. The van der Waals surface area contributed by atoms with Crippen molar-refractivity contribution >= 4 is 57.3 Å². The van der Waals surface area contributed by atoms with Gasteiger partial charge in [0.1, 0.15) is 5.75 Å². The topological polar surface area (TPSA) is 125 Å². The molecule has 3 N–H and O–H groups in total. The highest BCUT2D eigenvalue weighted by Crippen LogP contribution is 2.33. The van der Waals surface area contributed by atoms with E-state index in [0.717, 1.165) is 16.3 Å². The first kappa shape index (κ1) is 27.9. The van der Waals surface area contributed by atoms with Gasteiger partial charge < -0.3 is 20.3 Å². The van der Waals surface area contributed by atoms with Crippen molar-refractivity contribution in [3.63, 3.8) is 0 Å². The Balaban J connectivity index is 1.46. The van der Waals surface area contributed by atoms with Gasteiger partial charge in [-0.05, 0) is 78.2 Å². The predicted molar refractivity (Wildman–Crippen MR) is 153 cm³/mol. The van der Waals surface area contributed by atoms with Crippen LogP contribution in [0.4, 0.5) is 5.69 Å². The van der Waals surface area contributed by atoms with E-state index in [1.807, 2.05) is 43.3 Å². The average molecular weight is 547 g/mol. The number of carbonyl (C=O) groups excluding carboxylic acids is 1. The van der Waals surface area contributed by atoms with Gasteiger partial charge in [0.25, 0.3) is 5.91 Å². The summed E-state index contributed by atoms with van der Waals surface area (Å²) in [7, 11) is 0. The monoisotopic (exact) mass is 546 g/mol. The van der Waals surface area contributed by atoms with Crippen LogP contribution in [-0.2, 0) is 14.4 Å². The van der Waals surface area contributed by atoms with Crippen LogP contribution >= 0.6 is 11.8 Å². The quantitative estimate of drug-likeness (QED) is 0.179. The third-order valence-electron chi connectivity index (χ3n) is 6.32. The van der Waals surface area contributed by atoms with Crippen LogP contribution in [0, 0.1) is 0 Å². The Bertz CT molecular complexity index is 1430. The molecule has 3 aromatic carbocycles. The highest BCUT2D eigenvalue weighted by molar-refractivity contribution is 8.18. The zero-order valence-electron chi connectivity index (χ0n) is 21.6. The molecule has 0 radical (unpaired) electrons.